The quantitative estimate of drug-likeness (QED) is 0.925. The van der Waals surface area contributed by atoms with Gasteiger partial charge in [0, 0.05) is 32.2 Å². The molecule has 0 spiro atoms. The van der Waals surface area contributed by atoms with Gasteiger partial charge in [0.1, 0.15) is 5.60 Å². The maximum atomic E-state index is 11.9. The van der Waals surface area contributed by atoms with Crippen molar-refractivity contribution >= 4 is 0 Å². The Morgan fingerprint density at radius 1 is 1.00 bits per heavy atom. The maximum absolute atomic E-state index is 11.9. The van der Waals surface area contributed by atoms with Crippen LogP contribution in [0.3, 0.4) is 0 Å². The number of hydrogen-bond acceptors (Lipinski definition) is 3. The summed E-state index contributed by atoms with van der Waals surface area (Å²) in [6.45, 7) is 6.55. The molecule has 1 saturated heterocycles. The lowest BCUT2D eigenvalue weighted by Gasteiger charge is -2.49. The van der Waals surface area contributed by atoms with E-state index >= 15 is 0 Å². The highest BCUT2D eigenvalue weighted by atomic mass is 16.3. The van der Waals surface area contributed by atoms with E-state index in [-0.39, 0.29) is 6.04 Å². The van der Waals surface area contributed by atoms with E-state index in [1.165, 1.54) is 19.3 Å². The summed E-state index contributed by atoms with van der Waals surface area (Å²) in [5.41, 5.74) is 0.385. The molecular weight excluding hydrogens is 284 g/mol. The molecule has 0 aromatic heterocycles. The average Bonchev–Trinajstić information content (AvgIpc) is 2.62. The van der Waals surface area contributed by atoms with Gasteiger partial charge in [-0.1, -0.05) is 49.6 Å². The van der Waals surface area contributed by atoms with E-state index in [9.17, 15) is 5.11 Å². The molecule has 0 amide bonds. The molecule has 2 atom stereocenters. The van der Waals surface area contributed by atoms with Crippen LogP contribution in [0.4, 0.5) is 0 Å². The molecule has 23 heavy (non-hydrogen) atoms. The zero-order valence-electron chi connectivity index (χ0n) is 14.7. The minimum Gasteiger partial charge on any atom is -0.383 e. The van der Waals surface area contributed by atoms with Crippen molar-refractivity contribution < 1.29 is 5.11 Å². The normalized spacial score (nSPS) is 25.9. The van der Waals surface area contributed by atoms with Crippen LogP contribution in [0.25, 0.3) is 0 Å². The highest BCUT2D eigenvalue weighted by Gasteiger charge is 2.45. The zero-order chi connectivity index (χ0) is 16.3. The number of rotatable bonds is 4. The third kappa shape index (κ3) is 3.47. The highest BCUT2D eigenvalue weighted by Crippen LogP contribution is 2.43. The zero-order valence-corrected chi connectivity index (χ0v) is 14.7. The fourth-order valence-corrected chi connectivity index (χ4v) is 4.55. The van der Waals surface area contributed by atoms with Crippen LogP contribution in [-0.4, -0.2) is 54.2 Å². The van der Waals surface area contributed by atoms with Gasteiger partial charge in [-0.2, -0.15) is 0 Å². The van der Waals surface area contributed by atoms with E-state index in [1.807, 2.05) is 6.07 Å². The second-order valence-corrected chi connectivity index (χ2v) is 7.54. The van der Waals surface area contributed by atoms with Crippen molar-refractivity contribution in [3.8, 4) is 0 Å². The van der Waals surface area contributed by atoms with Gasteiger partial charge in [-0.15, -0.1) is 0 Å². The van der Waals surface area contributed by atoms with E-state index < -0.39 is 5.60 Å². The molecule has 3 rings (SSSR count). The summed E-state index contributed by atoms with van der Waals surface area (Å²) >= 11 is 0. The molecule has 1 heterocycles. The van der Waals surface area contributed by atoms with E-state index in [1.54, 1.807) is 0 Å². The summed E-state index contributed by atoms with van der Waals surface area (Å²) in [5, 5.41) is 11.9. The molecule has 3 nitrogen and oxygen atoms in total. The second kappa shape index (κ2) is 7.33. The second-order valence-electron chi connectivity index (χ2n) is 7.54. The van der Waals surface area contributed by atoms with Crippen molar-refractivity contribution in [2.75, 3.05) is 33.2 Å². The third-order valence-electron chi connectivity index (χ3n) is 6.19. The summed E-state index contributed by atoms with van der Waals surface area (Å²) in [7, 11) is 2.19. The molecule has 2 unspecified atom stereocenters. The summed E-state index contributed by atoms with van der Waals surface area (Å²) < 4.78 is 0. The predicted molar refractivity (Wildman–Crippen MR) is 95.4 cm³/mol. The molecule has 3 heteroatoms. The van der Waals surface area contributed by atoms with Crippen molar-refractivity contribution in [1.82, 2.24) is 9.80 Å². The fraction of sp³-hybridized carbons (Fsp3) is 0.700. The van der Waals surface area contributed by atoms with Gasteiger partial charge in [-0.3, -0.25) is 4.90 Å². The van der Waals surface area contributed by atoms with Gasteiger partial charge >= 0.3 is 0 Å². The summed E-state index contributed by atoms with van der Waals surface area (Å²) in [4.78, 5) is 4.88. The Bertz CT molecular complexity index is 478. The van der Waals surface area contributed by atoms with Gasteiger partial charge in [0.2, 0.25) is 0 Å². The first-order valence-electron chi connectivity index (χ1n) is 9.33. The van der Waals surface area contributed by atoms with Crippen molar-refractivity contribution in [3.63, 3.8) is 0 Å². The molecule has 2 fully saturated rings. The molecule has 1 aromatic rings. The van der Waals surface area contributed by atoms with Gasteiger partial charge in [0.15, 0.2) is 0 Å². The SMILES string of the molecule is CC(N1CCN(C)CC1)C(O)(c1ccccc1)C1CCCCC1. The Hall–Kier alpha value is -0.900. The first-order valence-corrected chi connectivity index (χ1v) is 9.33. The number of aliphatic hydroxyl groups is 1. The van der Waals surface area contributed by atoms with Crippen molar-refractivity contribution in [2.24, 2.45) is 5.92 Å². The molecule has 0 bridgehead atoms. The average molecular weight is 316 g/mol. The number of hydrogen-bond donors (Lipinski definition) is 1. The van der Waals surface area contributed by atoms with Gasteiger partial charge in [-0.05, 0) is 38.3 Å². The molecule has 2 aliphatic rings. The Morgan fingerprint density at radius 3 is 2.22 bits per heavy atom. The van der Waals surface area contributed by atoms with E-state index in [0.717, 1.165) is 44.6 Å². The topological polar surface area (TPSA) is 26.7 Å². The summed E-state index contributed by atoms with van der Waals surface area (Å²) in [5.74, 6) is 0.383. The van der Waals surface area contributed by atoms with E-state index in [0.29, 0.717) is 5.92 Å². The number of piperazine rings is 1. The predicted octanol–water partition coefficient (Wildman–Crippen LogP) is 3.09. The molecule has 0 radical (unpaired) electrons. The minimum atomic E-state index is -0.725. The first-order chi connectivity index (χ1) is 11.1. The lowest BCUT2D eigenvalue weighted by atomic mass is 9.69. The van der Waals surface area contributed by atoms with Gasteiger partial charge in [0.05, 0.1) is 0 Å². The van der Waals surface area contributed by atoms with Crippen LogP contribution in [-0.2, 0) is 5.60 Å². The summed E-state index contributed by atoms with van der Waals surface area (Å²) in [6.07, 6.45) is 6.15. The lowest BCUT2D eigenvalue weighted by molar-refractivity contribution is -0.107. The molecule has 1 aliphatic heterocycles. The highest BCUT2D eigenvalue weighted by molar-refractivity contribution is 5.26. The number of likely N-dealkylation sites (N-methyl/N-ethyl adjacent to an activating group) is 1. The van der Waals surface area contributed by atoms with Gasteiger partial charge in [0.25, 0.3) is 0 Å². The smallest absolute Gasteiger partial charge is 0.108 e. The van der Waals surface area contributed by atoms with Crippen molar-refractivity contribution in [1.29, 1.82) is 0 Å². The number of benzene rings is 1. The molecule has 1 aliphatic carbocycles. The number of nitrogens with zero attached hydrogens (tertiary/aromatic N) is 2. The maximum Gasteiger partial charge on any atom is 0.108 e. The monoisotopic (exact) mass is 316 g/mol. The first kappa shape index (κ1) is 16.9. The summed E-state index contributed by atoms with van der Waals surface area (Å²) in [6, 6.07) is 10.6. The Kier molecular flexibility index (Phi) is 5.40. The van der Waals surface area contributed by atoms with Crippen LogP contribution in [0.1, 0.15) is 44.6 Å². The Balaban J connectivity index is 1.88. The largest absolute Gasteiger partial charge is 0.383 e. The van der Waals surface area contributed by atoms with Crippen LogP contribution in [0, 0.1) is 5.92 Å². The lowest BCUT2D eigenvalue weighted by Crippen LogP contribution is -2.58. The van der Waals surface area contributed by atoms with E-state index in [4.69, 9.17) is 0 Å². The Morgan fingerprint density at radius 2 is 1.61 bits per heavy atom. The van der Waals surface area contributed by atoms with Crippen LogP contribution in [0.2, 0.25) is 0 Å². The molecule has 128 valence electrons. The van der Waals surface area contributed by atoms with Gasteiger partial charge < -0.3 is 10.0 Å². The Labute approximate surface area is 141 Å². The van der Waals surface area contributed by atoms with Crippen LogP contribution >= 0.6 is 0 Å². The third-order valence-corrected chi connectivity index (χ3v) is 6.19. The molecule has 1 N–H and O–H groups in total. The standard InChI is InChI=1S/C20H32N2O/c1-17(22-15-13-21(2)14-16-22)20(23,18-9-5-3-6-10-18)19-11-7-4-8-12-19/h3,5-6,9-10,17,19,23H,4,7-8,11-16H2,1-2H3. The van der Waals surface area contributed by atoms with E-state index in [2.05, 4.69) is 48.0 Å². The van der Waals surface area contributed by atoms with Crippen LogP contribution < -0.4 is 0 Å². The molecule has 1 aromatic carbocycles. The minimum absolute atomic E-state index is 0.168. The fourth-order valence-electron chi connectivity index (χ4n) is 4.55. The molecule has 1 saturated carbocycles. The molecular formula is C20H32N2O. The van der Waals surface area contributed by atoms with Crippen molar-refractivity contribution in [3.05, 3.63) is 35.9 Å². The van der Waals surface area contributed by atoms with Crippen LogP contribution in [0.15, 0.2) is 30.3 Å². The van der Waals surface area contributed by atoms with Crippen LogP contribution in [0.5, 0.6) is 0 Å². The van der Waals surface area contributed by atoms with Crippen molar-refractivity contribution in [2.45, 2.75) is 50.7 Å². The van der Waals surface area contributed by atoms with Gasteiger partial charge in [-0.25, -0.2) is 0 Å².